The fourth-order valence-corrected chi connectivity index (χ4v) is 3.30. The lowest BCUT2D eigenvalue weighted by Gasteiger charge is -2.14. The van der Waals surface area contributed by atoms with E-state index in [1.807, 2.05) is 0 Å². The number of hydrogen-bond acceptors (Lipinski definition) is 7. The largest absolute Gasteiger partial charge is 0.392 e. The molecular formula is C17H19NO5S. The number of nitrogens with one attached hydrogen (secondary N) is 1. The van der Waals surface area contributed by atoms with Gasteiger partial charge in [-0.25, -0.2) is 4.79 Å². The summed E-state index contributed by atoms with van der Waals surface area (Å²) in [7, 11) is 0. The number of ketones is 1. The van der Waals surface area contributed by atoms with Gasteiger partial charge in [0.25, 0.3) is 0 Å². The molecule has 1 heterocycles. The molecule has 128 valence electrons. The SMILES string of the molecule is CC(=O)SC(CC(=O)OC(=O)[C@@H]1CCCN1)C(=O)c1ccccc1. The van der Waals surface area contributed by atoms with Gasteiger partial charge < -0.3 is 10.1 Å². The second-order valence-corrected chi connectivity index (χ2v) is 6.85. The van der Waals surface area contributed by atoms with Crippen LogP contribution in [0, 0.1) is 0 Å². The average molecular weight is 349 g/mol. The van der Waals surface area contributed by atoms with Gasteiger partial charge in [0.05, 0.1) is 11.7 Å². The minimum Gasteiger partial charge on any atom is -0.392 e. The number of thioether (sulfide) groups is 1. The van der Waals surface area contributed by atoms with Crippen LogP contribution >= 0.6 is 11.8 Å². The molecule has 1 aromatic rings. The Hall–Kier alpha value is -1.99. The number of Topliss-reactive ketones (excluding diaryl/α,β-unsaturated/α-hetero) is 1. The second-order valence-electron chi connectivity index (χ2n) is 5.47. The fraction of sp³-hybridized carbons (Fsp3) is 0.412. The average Bonchev–Trinajstić information content (AvgIpc) is 3.08. The van der Waals surface area contributed by atoms with E-state index in [0.29, 0.717) is 18.5 Å². The van der Waals surface area contributed by atoms with E-state index < -0.39 is 23.2 Å². The van der Waals surface area contributed by atoms with Crippen molar-refractivity contribution in [2.24, 2.45) is 0 Å². The van der Waals surface area contributed by atoms with Crippen LogP contribution < -0.4 is 5.32 Å². The standard InChI is InChI=1S/C17H19NO5S/c1-11(19)24-14(16(21)12-6-3-2-4-7-12)10-15(20)23-17(22)13-8-5-9-18-13/h2-4,6-7,13-14,18H,5,8-10H2,1H3/t13-,14?/m0/s1. The van der Waals surface area contributed by atoms with Gasteiger partial charge in [0.2, 0.25) is 0 Å². The summed E-state index contributed by atoms with van der Waals surface area (Å²) in [6.45, 7) is 2.04. The Morgan fingerprint density at radius 2 is 1.96 bits per heavy atom. The first-order chi connectivity index (χ1) is 11.5. The Bertz CT molecular complexity index is 625. The van der Waals surface area contributed by atoms with Gasteiger partial charge >= 0.3 is 11.9 Å². The van der Waals surface area contributed by atoms with Crippen molar-refractivity contribution < 1.29 is 23.9 Å². The Balaban J connectivity index is 1.99. The van der Waals surface area contributed by atoms with Crippen molar-refractivity contribution >= 4 is 34.6 Å². The number of esters is 2. The number of carbonyl (C=O) groups excluding carboxylic acids is 4. The Morgan fingerprint density at radius 1 is 1.25 bits per heavy atom. The van der Waals surface area contributed by atoms with Gasteiger partial charge in [0, 0.05) is 12.5 Å². The van der Waals surface area contributed by atoms with E-state index in [1.165, 1.54) is 6.92 Å². The topological polar surface area (TPSA) is 89.5 Å². The third kappa shape index (κ3) is 5.28. The first-order valence-corrected chi connectivity index (χ1v) is 8.59. The number of hydrogen-bond donors (Lipinski definition) is 1. The smallest absolute Gasteiger partial charge is 0.330 e. The number of ether oxygens (including phenoxy) is 1. The van der Waals surface area contributed by atoms with Crippen LogP contribution in [0.4, 0.5) is 0 Å². The van der Waals surface area contributed by atoms with Crippen LogP contribution in [0.25, 0.3) is 0 Å². The summed E-state index contributed by atoms with van der Waals surface area (Å²) >= 11 is 0.774. The summed E-state index contributed by atoms with van der Waals surface area (Å²) in [6, 6.07) is 7.94. The van der Waals surface area contributed by atoms with Crippen LogP contribution in [0.1, 0.15) is 36.5 Å². The highest BCUT2D eigenvalue weighted by molar-refractivity contribution is 8.14. The van der Waals surface area contributed by atoms with Gasteiger partial charge in [-0.3, -0.25) is 14.4 Å². The Kier molecular flexibility index (Phi) is 6.69. The molecule has 1 fully saturated rings. The van der Waals surface area contributed by atoms with Gasteiger partial charge in [-0.15, -0.1) is 0 Å². The van der Waals surface area contributed by atoms with Gasteiger partial charge in [-0.05, 0) is 19.4 Å². The molecule has 24 heavy (non-hydrogen) atoms. The van der Waals surface area contributed by atoms with Gasteiger partial charge in [0.1, 0.15) is 6.04 Å². The number of benzene rings is 1. The lowest BCUT2D eigenvalue weighted by molar-refractivity contribution is -0.160. The molecule has 0 aromatic heterocycles. The molecule has 1 saturated heterocycles. The van der Waals surface area contributed by atoms with Crippen molar-refractivity contribution in [1.29, 1.82) is 0 Å². The zero-order chi connectivity index (χ0) is 17.5. The van der Waals surface area contributed by atoms with Crippen molar-refractivity contribution in [3.05, 3.63) is 35.9 Å². The molecule has 0 bridgehead atoms. The molecule has 1 N–H and O–H groups in total. The Morgan fingerprint density at radius 3 is 2.54 bits per heavy atom. The third-order valence-electron chi connectivity index (χ3n) is 3.57. The monoisotopic (exact) mass is 349 g/mol. The summed E-state index contributed by atoms with van der Waals surface area (Å²) in [4.78, 5) is 47.7. The van der Waals surface area contributed by atoms with Crippen molar-refractivity contribution in [3.63, 3.8) is 0 Å². The summed E-state index contributed by atoms with van der Waals surface area (Å²) in [5, 5.41) is 1.76. The molecule has 6 nitrogen and oxygen atoms in total. The van der Waals surface area contributed by atoms with Gasteiger partial charge in [-0.2, -0.15) is 0 Å². The van der Waals surface area contributed by atoms with Crippen LogP contribution in [0.3, 0.4) is 0 Å². The molecule has 2 rings (SSSR count). The molecule has 0 spiro atoms. The summed E-state index contributed by atoms with van der Waals surface area (Å²) in [6.07, 6.45) is 1.15. The van der Waals surface area contributed by atoms with Gasteiger partial charge in [0.15, 0.2) is 10.9 Å². The quantitative estimate of drug-likeness (QED) is 0.475. The minimum atomic E-state index is -0.901. The highest BCUT2D eigenvalue weighted by Crippen LogP contribution is 2.21. The van der Waals surface area contributed by atoms with E-state index in [-0.39, 0.29) is 17.3 Å². The molecule has 0 amide bonds. The summed E-state index contributed by atoms with van der Waals surface area (Å²) in [5.41, 5.74) is 0.410. The lowest BCUT2D eigenvalue weighted by Crippen LogP contribution is -2.35. The van der Waals surface area contributed by atoms with Crippen LogP contribution in [0.15, 0.2) is 30.3 Å². The van der Waals surface area contributed by atoms with E-state index in [9.17, 15) is 19.2 Å². The number of rotatable bonds is 6. The third-order valence-corrected chi connectivity index (χ3v) is 4.57. The first kappa shape index (κ1) is 18.4. The van der Waals surface area contributed by atoms with Crippen LogP contribution in [-0.2, 0) is 19.1 Å². The summed E-state index contributed by atoms with van der Waals surface area (Å²) in [5.74, 6) is -1.76. The van der Waals surface area contributed by atoms with Crippen molar-refractivity contribution in [2.45, 2.75) is 37.5 Å². The lowest BCUT2D eigenvalue weighted by atomic mass is 10.1. The fourth-order valence-electron chi connectivity index (χ4n) is 2.44. The molecule has 0 radical (unpaired) electrons. The highest BCUT2D eigenvalue weighted by atomic mass is 32.2. The minimum absolute atomic E-state index is 0.277. The first-order valence-electron chi connectivity index (χ1n) is 7.71. The maximum absolute atomic E-state index is 12.5. The molecule has 0 aliphatic carbocycles. The Labute approximate surface area is 144 Å². The summed E-state index contributed by atoms with van der Waals surface area (Å²) < 4.78 is 4.82. The molecular weight excluding hydrogens is 330 g/mol. The van der Waals surface area contributed by atoms with E-state index in [2.05, 4.69) is 5.32 Å². The van der Waals surface area contributed by atoms with Gasteiger partial charge in [-0.1, -0.05) is 42.1 Å². The molecule has 1 aliphatic rings. The second kappa shape index (κ2) is 8.75. The van der Waals surface area contributed by atoms with Crippen LogP contribution in [0.5, 0.6) is 0 Å². The van der Waals surface area contributed by atoms with Crippen LogP contribution in [-0.4, -0.2) is 40.7 Å². The van der Waals surface area contributed by atoms with E-state index in [0.717, 1.165) is 18.2 Å². The molecule has 7 heteroatoms. The van der Waals surface area contributed by atoms with E-state index in [1.54, 1.807) is 30.3 Å². The molecule has 1 aliphatic heterocycles. The van der Waals surface area contributed by atoms with Crippen molar-refractivity contribution in [3.8, 4) is 0 Å². The van der Waals surface area contributed by atoms with Crippen molar-refractivity contribution in [1.82, 2.24) is 5.32 Å². The maximum atomic E-state index is 12.5. The number of carbonyl (C=O) groups is 4. The zero-order valence-corrected chi connectivity index (χ0v) is 14.1. The van der Waals surface area contributed by atoms with Crippen molar-refractivity contribution in [2.75, 3.05) is 6.54 Å². The maximum Gasteiger partial charge on any atom is 0.330 e. The molecule has 1 unspecified atom stereocenters. The predicted molar refractivity (Wildman–Crippen MR) is 89.6 cm³/mol. The van der Waals surface area contributed by atoms with Crippen LogP contribution in [0.2, 0.25) is 0 Å². The molecule has 1 aromatic carbocycles. The molecule has 2 atom stereocenters. The highest BCUT2D eigenvalue weighted by Gasteiger charge is 2.30. The normalized spacial score (nSPS) is 18.0. The van der Waals surface area contributed by atoms with E-state index >= 15 is 0 Å². The van der Waals surface area contributed by atoms with E-state index in [4.69, 9.17) is 4.74 Å². The zero-order valence-electron chi connectivity index (χ0n) is 13.3. The predicted octanol–water partition coefficient (Wildman–Crippen LogP) is 1.73. The molecule has 0 saturated carbocycles.